The van der Waals surface area contributed by atoms with Crippen LogP contribution in [0, 0.1) is 0 Å². The maximum Gasteiger partial charge on any atom is 0.365 e. The third-order valence-electron chi connectivity index (χ3n) is 1.78. The van der Waals surface area contributed by atoms with Gasteiger partial charge in [-0.1, -0.05) is 23.4 Å². The first-order chi connectivity index (χ1) is 7.11. The molecule has 0 saturated carbocycles. The van der Waals surface area contributed by atoms with Crippen molar-refractivity contribution in [2.75, 3.05) is 0 Å². The molecule has 0 radical (unpaired) electrons. The quantitative estimate of drug-likeness (QED) is 0.429. The van der Waals surface area contributed by atoms with E-state index in [4.69, 9.17) is 0 Å². The zero-order valence-corrected chi connectivity index (χ0v) is 8.56. The Morgan fingerprint density at radius 1 is 1.13 bits per heavy atom. The van der Waals surface area contributed by atoms with Gasteiger partial charge in [0.25, 0.3) is 0 Å². The third-order valence-corrected chi connectivity index (χ3v) is 1.78. The highest BCUT2D eigenvalue weighted by atomic mass is 16.7. The van der Waals surface area contributed by atoms with Crippen LogP contribution in [0.5, 0.6) is 0 Å². The van der Waals surface area contributed by atoms with Crippen molar-refractivity contribution in [3.63, 3.8) is 0 Å². The number of nitrogens with zero attached hydrogens (tertiary/aromatic N) is 1. The van der Waals surface area contributed by atoms with Crippen molar-refractivity contribution in [2.24, 2.45) is 5.16 Å². The summed E-state index contributed by atoms with van der Waals surface area (Å²) in [6, 6.07) is 8.46. The van der Waals surface area contributed by atoms with Gasteiger partial charge in [0.05, 0.1) is 5.56 Å². The van der Waals surface area contributed by atoms with Crippen LogP contribution in [0.1, 0.15) is 24.2 Å². The highest BCUT2D eigenvalue weighted by Crippen LogP contribution is 2.01. The predicted molar refractivity (Wildman–Crippen MR) is 55.6 cm³/mol. The Hall–Kier alpha value is -1.97. The smallest absolute Gasteiger partial charge is 0.312 e. The maximum absolute atomic E-state index is 11.3. The van der Waals surface area contributed by atoms with Crippen LogP contribution in [0.2, 0.25) is 0 Å². The van der Waals surface area contributed by atoms with E-state index in [0.717, 1.165) is 0 Å². The number of oxime groups is 1. The van der Waals surface area contributed by atoms with Crippen LogP contribution in [0.3, 0.4) is 0 Å². The normalized spacial score (nSPS) is 10.9. The molecule has 0 bridgehead atoms. The van der Waals surface area contributed by atoms with Crippen LogP contribution < -0.4 is 0 Å². The Kier molecular flexibility index (Phi) is 3.74. The zero-order valence-electron chi connectivity index (χ0n) is 8.56. The SMILES string of the molecule is CC(=O)C(C)=NOC(=O)c1ccccc1. The van der Waals surface area contributed by atoms with Crippen molar-refractivity contribution >= 4 is 17.5 Å². The van der Waals surface area contributed by atoms with Gasteiger partial charge in [-0.15, -0.1) is 0 Å². The molecule has 1 aromatic carbocycles. The van der Waals surface area contributed by atoms with E-state index in [-0.39, 0.29) is 11.5 Å². The lowest BCUT2D eigenvalue weighted by molar-refractivity contribution is -0.111. The van der Waals surface area contributed by atoms with Gasteiger partial charge in [-0.2, -0.15) is 0 Å². The second kappa shape index (κ2) is 5.05. The van der Waals surface area contributed by atoms with Gasteiger partial charge in [0.2, 0.25) is 0 Å². The molecule has 0 N–H and O–H groups in total. The summed E-state index contributed by atoms with van der Waals surface area (Å²) in [6.45, 7) is 2.84. The van der Waals surface area contributed by atoms with Crippen LogP contribution in [0.15, 0.2) is 35.5 Å². The monoisotopic (exact) mass is 205 g/mol. The first-order valence-electron chi connectivity index (χ1n) is 4.43. The summed E-state index contributed by atoms with van der Waals surface area (Å²) in [5.41, 5.74) is 0.567. The third kappa shape index (κ3) is 3.34. The summed E-state index contributed by atoms with van der Waals surface area (Å²) < 4.78 is 0. The van der Waals surface area contributed by atoms with Gasteiger partial charge in [0.1, 0.15) is 5.71 Å². The van der Waals surface area contributed by atoms with Crippen LogP contribution in [0.25, 0.3) is 0 Å². The summed E-state index contributed by atoms with van der Waals surface area (Å²) >= 11 is 0. The number of hydrogen-bond acceptors (Lipinski definition) is 4. The van der Waals surface area contributed by atoms with Gasteiger partial charge in [0, 0.05) is 6.92 Å². The molecule has 0 unspecified atom stereocenters. The summed E-state index contributed by atoms with van der Waals surface area (Å²) in [6.07, 6.45) is 0. The van der Waals surface area contributed by atoms with Gasteiger partial charge in [-0.25, -0.2) is 4.79 Å². The predicted octanol–water partition coefficient (Wildman–Crippen LogP) is 1.81. The zero-order chi connectivity index (χ0) is 11.3. The number of carbonyl (C=O) groups excluding carboxylic acids is 2. The lowest BCUT2D eigenvalue weighted by Crippen LogP contribution is -2.08. The molecule has 1 rings (SSSR count). The van der Waals surface area contributed by atoms with Crippen molar-refractivity contribution in [3.05, 3.63) is 35.9 Å². The maximum atomic E-state index is 11.3. The van der Waals surface area contributed by atoms with Crippen molar-refractivity contribution in [2.45, 2.75) is 13.8 Å². The molecule has 0 aliphatic heterocycles. The second-order valence-corrected chi connectivity index (χ2v) is 2.98. The molecule has 0 aliphatic carbocycles. The summed E-state index contributed by atoms with van der Waals surface area (Å²) in [7, 11) is 0. The molecule has 1 aromatic rings. The number of hydrogen-bond donors (Lipinski definition) is 0. The molecule has 0 aromatic heterocycles. The Morgan fingerprint density at radius 3 is 2.27 bits per heavy atom. The Labute approximate surface area is 87.5 Å². The molecule has 0 atom stereocenters. The van der Waals surface area contributed by atoms with Gasteiger partial charge in [0.15, 0.2) is 5.78 Å². The van der Waals surface area contributed by atoms with Gasteiger partial charge < -0.3 is 4.84 Å². The number of carbonyl (C=O) groups is 2. The fourth-order valence-electron chi connectivity index (χ4n) is 0.801. The second-order valence-electron chi connectivity index (χ2n) is 2.98. The Bertz CT molecular complexity index is 396. The lowest BCUT2D eigenvalue weighted by Gasteiger charge is -1.97. The van der Waals surface area contributed by atoms with Crippen molar-refractivity contribution in [3.8, 4) is 0 Å². The van der Waals surface area contributed by atoms with E-state index in [9.17, 15) is 9.59 Å². The van der Waals surface area contributed by atoms with Crippen LogP contribution in [-0.2, 0) is 9.63 Å². The molecule has 0 amide bonds. The average Bonchev–Trinajstić information content (AvgIpc) is 2.26. The van der Waals surface area contributed by atoms with Gasteiger partial charge >= 0.3 is 5.97 Å². The van der Waals surface area contributed by atoms with Crippen molar-refractivity contribution in [1.82, 2.24) is 0 Å². The number of benzene rings is 1. The molecule has 0 fully saturated rings. The molecule has 0 heterocycles. The summed E-state index contributed by atoms with van der Waals surface area (Å²) in [4.78, 5) is 26.7. The number of ketones is 1. The minimum atomic E-state index is -0.573. The molecule has 4 nitrogen and oxygen atoms in total. The van der Waals surface area contributed by atoms with Crippen LogP contribution >= 0.6 is 0 Å². The lowest BCUT2D eigenvalue weighted by atomic mass is 10.2. The fourth-order valence-corrected chi connectivity index (χ4v) is 0.801. The highest BCUT2D eigenvalue weighted by Gasteiger charge is 2.06. The first-order valence-corrected chi connectivity index (χ1v) is 4.43. The molecule has 4 heteroatoms. The Balaban J connectivity index is 2.66. The van der Waals surface area contributed by atoms with E-state index in [2.05, 4.69) is 9.99 Å². The van der Waals surface area contributed by atoms with E-state index in [1.54, 1.807) is 30.3 Å². The van der Waals surface area contributed by atoms with Crippen molar-refractivity contribution in [1.29, 1.82) is 0 Å². The van der Waals surface area contributed by atoms with E-state index >= 15 is 0 Å². The molecule has 0 saturated heterocycles. The molecule has 0 spiro atoms. The minimum absolute atomic E-state index is 0.166. The van der Waals surface area contributed by atoms with Gasteiger partial charge in [-0.3, -0.25) is 4.79 Å². The summed E-state index contributed by atoms with van der Waals surface area (Å²) in [5.74, 6) is -0.799. The molecular formula is C11H11NO3. The molecular weight excluding hydrogens is 194 g/mol. The van der Waals surface area contributed by atoms with Crippen LogP contribution in [-0.4, -0.2) is 17.5 Å². The number of Topliss-reactive ketones (excluding diaryl/α,β-unsaturated/α-hetero) is 1. The molecule has 78 valence electrons. The highest BCUT2D eigenvalue weighted by molar-refractivity contribution is 6.37. The van der Waals surface area contributed by atoms with Gasteiger partial charge in [-0.05, 0) is 19.1 Å². The first kappa shape index (κ1) is 11.1. The molecule has 15 heavy (non-hydrogen) atoms. The summed E-state index contributed by atoms with van der Waals surface area (Å²) in [5, 5.41) is 3.42. The topological polar surface area (TPSA) is 55.7 Å². The van der Waals surface area contributed by atoms with Crippen molar-refractivity contribution < 1.29 is 14.4 Å². The van der Waals surface area contributed by atoms with E-state index in [0.29, 0.717) is 5.56 Å². The molecule has 0 aliphatic rings. The largest absolute Gasteiger partial charge is 0.365 e. The fraction of sp³-hybridized carbons (Fsp3) is 0.182. The standard InChI is InChI=1S/C11H11NO3/c1-8(9(2)13)12-15-11(14)10-6-4-3-5-7-10/h3-7H,1-2H3. The van der Waals surface area contributed by atoms with E-state index in [1.807, 2.05) is 0 Å². The number of rotatable bonds is 3. The minimum Gasteiger partial charge on any atom is -0.312 e. The van der Waals surface area contributed by atoms with Crippen LogP contribution in [0.4, 0.5) is 0 Å². The van der Waals surface area contributed by atoms with E-state index in [1.165, 1.54) is 13.8 Å². The Morgan fingerprint density at radius 2 is 1.73 bits per heavy atom. The average molecular weight is 205 g/mol. The van der Waals surface area contributed by atoms with E-state index < -0.39 is 5.97 Å².